The Morgan fingerprint density at radius 1 is 1.00 bits per heavy atom. The third-order valence-electron chi connectivity index (χ3n) is 2.98. The predicted octanol–water partition coefficient (Wildman–Crippen LogP) is 3.63. The van der Waals surface area contributed by atoms with E-state index in [1.54, 1.807) is 48.5 Å². The van der Waals surface area contributed by atoms with Crippen LogP contribution >= 0.6 is 11.8 Å². The maximum Gasteiger partial charge on any atom is 0.298 e. The van der Waals surface area contributed by atoms with E-state index in [1.165, 1.54) is 6.07 Å². The largest absolute Gasteiger partial charge is 0.508 e. The molecule has 1 aliphatic rings. The molecule has 21 heavy (non-hydrogen) atoms. The van der Waals surface area contributed by atoms with Crippen LogP contribution in [-0.2, 0) is 4.79 Å². The van der Waals surface area contributed by atoms with Crippen molar-refractivity contribution in [2.24, 2.45) is 0 Å². The fraction of sp³-hybridized carbons (Fsp3) is 0. The van der Waals surface area contributed by atoms with E-state index in [4.69, 9.17) is 0 Å². The van der Waals surface area contributed by atoms with Crippen molar-refractivity contribution in [1.29, 1.82) is 0 Å². The summed E-state index contributed by atoms with van der Waals surface area (Å²) >= 11 is 0.894. The molecule has 0 atom stereocenters. The minimum Gasteiger partial charge on any atom is -0.508 e. The number of phenolic OH excluding ortho intramolecular Hbond substituents is 1. The highest BCUT2D eigenvalue weighted by Crippen LogP contribution is 2.35. The second kappa shape index (κ2) is 5.46. The van der Waals surface area contributed by atoms with Gasteiger partial charge < -0.3 is 5.11 Å². The Hall–Kier alpha value is -2.53. The highest BCUT2D eigenvalue weighted by Gasteiger charge is 2.36. The number of rotatable bonds is 2. The summed E-state index contributed by atoms with van der Waals surface area (Å²) in [4.78, 5) is 25.9. The van der Waals surface area contributed by atoms with Crippen LogP contribution in [0.5, 0.6) is 5.75 Å². The third kappa shape index (κ3) is 2.68. The lowest BCUT2D eigenvalue weighted by Crippen LogP contribution is -2.27. The number of imide groups is 1. The minimum absolute atomic E-state index is 0.117. The van der Waals surface area contributed by atoms with E-state index in [-0.39, 0.29) is 16.9 Å². The third-order valence-corrected chi connectivity index (χ3v) is 3.85. The zero-order valence-electron chi connectivity index (χ0n) is 10.9. The highest BCUT2D eigenvalue weighted by molar-refractivity contribution is 8.19. The van der Waals surface area contributed by atoms with Gasteiger partial charge in [0.05, 0.1) is 10.6 Å². The lowest BCUT2D eigenvalue weighted by Gasteiger charge is -2.11. The van der Waals surface area contributed by atoms with E-state index in [0.717, 1.165) is 16.7 Å². The first-order valence-electron chi connectivity index (χ1n) is 6.27. The molecule has 5 heteroatoms. The number of phenols is 1. The summed E-state index contributed by atoms with van der Waals surface area (Å²) in [6.07, 6.45) is 1.60. The van der Waals surface area contributed by atoms with Gasteiger partial charge in [0.2, 0.25) is 0 Å². The first-order chi connectivity index (χ1) is 10.1. The van der Waals surface area contributed by atoms with Crippen LogP contribution in [0.1, 0.15) is 5.56 Å². The highest BCUT2D eigenvalue weighted by atomic mass is 32.2. The fourth-order valence-electron chi connectivity index (χ4n) is 2.03. The van der Waals surface area contributed by atoms with Crippen molar-refractivity contribution in [3.05, 3.63) is 65.1 Å². The average Bonchev–Trinajstić information content (AvgIpc) is 2.74. The van der Waals surface area contributed by atoms with Crippen LogP contribution in [0.15, 0.2) is 59.5 Å². The number of aromatic hydroxyl groups is 1. The van der Waals surface area contributed by atoms with Gasteiger partial charge in [0.25, 0.3) is 11.1 Å². The van der Waals surface area contributed by atoms with Gasteiger partial charge in [-0.3, -0.25) is 9.59 Å². The van der Waals surface area contributed by atoms with Gasteiger partial charge in [-0.2, -0.15) is 0 Å². The van der Waals surface area contributed by atoms with E-state index in [2.05, 4.69) is 0 Å². The number of carbonyl (C=O) groups excluding carboxylic acids is 2. The normalized spacial score (nSPS) is 16.8. The summed E-state index contributed by atoms with van der Waals surface area (Å²) in [7, 11) is 0. The van der Waals surface area contributed by atoms with Gasteiger partial charge in [-0.1, -0.05) is 30.3 Å². The lowest BCUT2D eigenvalue weighted by atomic mass is 10.2. The molecule has 0 aromatic heterocycles. The van der Waals surface area contributed by atoms with Crippen LogP contribution in [0.2, 0.25) is 0 Å². The molecule has 2 amide bonds. The molecule has 2 aromatic carbocycles. The standard InChI is InChI=1S/C16H11NO3S/c18-13-8-4-5-11(9-13)10-14-15(19)17(16(20)21-14)12-6-2-1-3-7-12/h1-10,18H/b14-10+. The molecule has 0 bridgehead atoms. The Balaban J connectivity index is 1.94. The molecule has 2 aromatic rings. The van der Waals surface area contributed by atoms with Gasteiger partial charge in [-0.25, -0.2) is 4.90 Å². The number of carbonyl (C=O) groups is 2. The lowest BCUT2D eigenvalue weighted by molar-refractivity contribution is -0.113. The molecule has 1 N–H and O–H groups in total. The molecule has 0 radical (unpaired) electrons. The molecular formula is C16H11NO3S. The Morgan fingerprint density at radius 2 is 1.76 bits per heavy atom. The Kier molecular flexibility index (Phi) is 3.50. The molecule has 1 fully saturated rings. The topological polar surface area (TPSA) is 57.6 Å². The van der Waals surface area contributed by atoms with E-state index in [1.807, 2.05) is 6.07 Å². The molecule has 104 valence electrons. The molecular weight excluding hydrogens is 286 g/mol. The zero-order valence-corrected chi connectivity index (χ0v) is 11.7. The monoisotopic (exact) mass is 297 g/mol. The van der Waals surface area contributed by atoms with E-state index in [0.29, 0.717) is 16.2 Å². The fourth-order valence-corrected chi connectivity index (χ4v) is 2.87. The molecule has 1 heterocycles. The maximum atomic E-state index is 12.4. The Bertz CT molecular complexity index is 740. The van der Waals surface area contributed by atoms with Crippen LogP contribution in [0.25, 0.3) is 6.08 Å². The van der Waals surface area contributed by atoms with Crippen molar-refractivity contribution in [2.45, 2.75) is 0 Å². The van der Waals surface area contributed by atoms with Crippen molar-refractivity contribution in [3.63, 3.8) is 0 Å². The van der Waals surface area contributed by atoms with Crippen LogP contribution in [0.3, 0.4) is 0 Å². The van der Waals surface area contributed by atoms with Crippen molar-refractivity contribution < 1.29 is 14.7 Å². The van der Waals surface area contributed by atoms with E-state index >= 15 is 0 Å². The number of benzene rings is 2. The maximum absolute atomic E-state index is 12.4. The second-order valence-electron chi connectivity index (χ2n) is 4.45. The first kappa shape index (κ1) is 13.5. The van der Waals surface area contributed by atoms with Crippen LogP contribution in [0.4, 0.5) is 10.5 Å². The number of anilines is 1. The molecule has 0 unspecified atom stereocenters. The predicted molar refractivity (Wildman–Crippen MR) is 83.0 cm³/mol. The van der Waals surface area contributed by atoms with Crippen LogP contribution < -0.4 is 4.90 Å². The number of thioether (sulfide) groups is 1. The van der Waals surface area contributed by atoms with Gasteiger partial charge in [-0.15, -0.1) is 0 Å². The summed E-state index contributed by atoms with van der Waals surface area (Å²) in [5, 5.41) is 9.11. The average molecular weight is 297 g/mol. The Morgan fingerprint density at radius 3 is 2.48 bits per heavy atom. The first-order valence-corrected chi connectivity index (χ1v) is 7.09. The summed E-state index contributed by atoms with van der Waals surface area (Å²) in [6.45, 7) is 0. The summed E-state index contributed by atoms with van der Waals surface area (Å²) in [5.74, 6) is -0.231. The summed E-state index contributed by atoms with van der Waals surface area (Å²) < 4.78 is 0. The molecule has 1 saturated heterocycles. The van der Waals surface area contributed by atoms with Gasteiger partial charge in [0.15, 0.2) is 0 Å². The number of nitrogens with zero attached hydrogens (tertiary/aromatic N) is 1. The number of hydrogen-bond donors (Lipinski definition) is 1. The van der Waals surface area contributed by atoms with Gasteiger partial charge in [-0.05, 0) is 47.7 Å². The van der Waals surface area contributed by atoms with Gasteiger partial charge in [0.1, 0.15) is 5.75 Å². The summed E-state index contributed by atoms with van der Waals surface area (Å²) in [6, 6.07) is 15.3. The van der Waals surface area contributed by atoms with Gasteiger partial charge in [0, 0.05) is 0 Å². The van der Waals surface area contributed by atoms with Crippen LogP contribution in [0, 0.1) is 0 Å². The number of hydrogen-bond acceptors (Lipinski definition) is 4. The number of para-hydroxylation sites is 1. The molecule has 4 nitrogen and oxygen atoms in total. The van der Waals surface area contributed by atoms with Crippen molar-refractivity contribution >= 4 is 34.7 Å². The number of amides is 2. The van der Waals surface area contributed by atoms with E-state index < -0.39 is 0 Å². The molecule has 0 spiro atoms. The SMILES string of the molecule is O=C1S/C(=C/c2cccc(O)c2)C(=O)N1c1ccccc1. The van der Waals surface area contributed by atoms with Crippen molar-refractivity contribution in [1.82, 2.24) is 0 Å². The molecule has 0 aliphatic carbocycles. The Labute approximate surface area is 125 Å². The summed E-state index contributed by atoms with van der Waals surface area (Å²) in [5.41, 5.74) is 1.23. The van der Waals surface area contributed by atoms with E-state index in [9.17, 15) is 14.7 Å². The molecule has 1 aliphatic heterocycles. The minimum atomic E-state index is -0.348. The van der Waals surface area contributed by atoms with Crippen molar-refractivity contribution in [3.8, 4) is 5.75 Å². The smallest absolute Gasteiger partial charge is 0.298 e. The van der Waals surface area contributed by atoms with Crippen molar-refractivity contribution in [2.75, 3.05) is 4.90 Å². The van der Waals surface area contributed by atoms with Gasteiger partial charge >= 0.3 is 0 Å². The van der Waals surface area contributed by atoms with Crippen LogP contribution in [-0.4, -0.2) is 16.3 Å². The second-order valence-corrected chi connectivity index (χ2v) is 5.44. The molecule has 0 saturated carbocycles. The molecule has 3 rings (SSSR count). The zero-order chi connectivity index (χ0) is 14.8. The quantitative estimate of drug-likeness (QED) is 0.860.